The van der Waals surface area contributed by atoms with E-state index >= 15 is 0 Å². The molecule has 10 nitrogen and oxygen atoms in total. The van der Waals surface area contributed by atoms with Crippen molar-refractivity contribution in [3.63, 3.8) is 0 Å². The maximum absolute atomic E-state index is 14.3. The smallest absolute Gasteiger partial charge is 0.437 e. The van der Waals surface area contributed by atoms with E-state index in [4.69, 9.17) is 9.47 Å². The van der Waals surface area contributed by atoms with Crippen LogP contribution in [0.15, 0.2) is 17.1 Å². The molecule has 0 radical (unpaired) electrons. The van der Waals surface area contributed by atoms with Crippen molar-refractivity contribution in [2.45, 2.75) is 66.2 Å². The predicted octanol–water partition coefficient (Wildman–Crippen LogP) is 4.52. The summed E-state index contributed by atoms with van der Waals surface area (Å²) in [6.45, 7) is 10.8. The van der Waals surface area contributed by atoms with Crippen molar-refractivity contribution in [1.29, 1.82) is 0 Å². The summed E-state index contributed by atoms with van der Waals surface area (Å²) in [6.07, 6.45) is -1.90. The molecule has 4 amide bonds. The van der Waals surface area contributed by atoms with Crippen LogP contribution in [0.25, 0.3) is 0 Å². The van der Waals surface area contributed by atoms with E-state index in [-0.39, 0.29) is 43.0 Å². The van der Waals surface area contributed by atoms with Gasteiger partial charge in [-0.2, -0.15) is 0 Å². The number of rotatable bonds is 2. The molecule has 1 fully saturated rings. The number of ether oxygens (including phenoxy) is 2. The zero-order valence-corrected chi connectivity index (χ0v) is 22.3. The lowest BCUT2D eigenvalue weighted by Crippen LogP contribution is -2.60. The van der Waals surface area contributed by atoms with Gasteiger partial charge < -0.3 is 24.2 Å². The fourth-order valence-corrected chi connectivity index (χ4v) is 3.27. The minimum atomic E-state index is -0.991. The fraction of sp³-hybridized carbons (Fsp3) is 0.583. The highest BCUT2D eigenvalue weighted by molar-refractivity contribution is 5.99. The van der Waals surface area contributed by atoms with Crippen LogP contribution in [0.1, 0.15) is 52.7 Å². The Kier molecular flexibility index (Phi) is 8.53. The maximum Gasteiger partial charge on any atom is 0.437 e. The molecular weight excluding hydrogens is 476 g/mol. The molecular formula is C24H35F2N5O5. The zero-order valence-electron chi connectivity index (χ0n) is 22.3. The van der Waals surface area contributed by atoms with Crippen LogP contribution in [0, 0.1) is 18.6 Å². The van der Waals surface area contributed by atoms with Gasteiger partial charge in [-0.1, -0.05) is 0 Å². The minimum Gasteiger partial charge on any atom is -0.443 e. The van der Waals surface area contributed by atoms with Crippen molar-refractivity contribution in [2.75, 3.05) is 27.4 Å². The highest BCUT2D eigenvalue weighted by Crippen LogP contribution is 2.21. The molecule has 1 aliphatic rings. The molecule has 2 rings (SSSR count). The number of hydrogen-bond acceptors (Lipinski definition) is 5. The van der Waals surface area contributed by atoms with Gasteiger partial charge in [-0.25, -0.2) is 28.1 Å². The third-order valence-electron chi connectivity index (χ3n) is 4.82. The molecule has 0 N–H and O–H groups in total. The Bertz CT molecular complexity index is 1010. The third kappa shape index (κ3) is 7.79. The number of hydrogen-bond donors (Lipinski definition) is 0. The van der Waals surface area contributed by atoms with Crippen LogP contribution >= 0.6 is 0 Å². The van der Waals surface area contributed by atoms with E-state index in [1.54, 1.807) is 55.6 Å². The summed E-state index contributed by atoms with van der Waals surface area (Å²) >= 11 is 0. The van der Waals surface area contributed by atoms with E-state index in [2.05, 4.69) is 4.99 Å². The monoisotopic (exact) mass is 511 g/mol. The Hall–Kier alpha value is -3.44. The van der Waals surface area contributed by atoms with E-state index in [0.29, 0.717) is 0 Å². The minimum absolute atomic E-state index is 0.0271. The lowest BCUT2D eigenvalue weighted by atomic mass is 10.1. The second-order valence-electron chi connectivity index (χ2n) is 10.6. The van der Waals surface area contributed by atoms with Crippen molar-refractivity contribution in [3.05, 3.63) is 34.9 Å². The molecule has 200 valence electrons. The first-order valence-electron chi connectivity index (χ1n) is 11.4. The summed E-state index contributed by atoms with van der Waals surface area (Å²) in [6, 6.07) is 1.91. The Morgan fingerprint density at radius 3 is 1.89 bits per heavy atom. The number of carbonyl (C=O) groups is 3. The standard InChI is InChI=1S/C24H35F2N5O5/c1-15-17(25)10-16(11-18(15)26)12-31(22(34)36-24(5,6)7)19(27-20(32)35-23(2,3)4)30-13-28(8)21(33)29(9)14-30/h10-11H,12-14H2,1-9H3/b27-19+. The van der Waals surface area contributed by atoms with E-state index in [1.807, 2.05) is 0 Å². The number of benzene rings is 1. The van der Waals surface area contributed by atoms with E-state index in [1.165, 1.54) is 21.6 Å². The van der Waals surface area contributed by atoms with Gasteiger partial charge in [0.25, 0.3) is 0 Å². The first-order valence-corrected chi connectivity index (χ1v) is 11.4. The first kappa shape index (κ1) is 28.8. The highest BCUT2D eigenvalue weighted by Gasteiger charge is 2.35. The van der Waals surface area contributed by atoms with Crippen LogP contribution < -0.4 is 0 Å². The van der Waals surface area contributed by atoms with Crippen LogP contribution in [0.4, 0.5) is 23.2 Å². The van der Waals surface area contributed by atoms with Crippen molar-refractivity contribution in [1.82, 2.24) is 19.6 Å². The average molecular weight is 512 g/mol. The summed E-state index contributed by atoms with van der Waals surface area (Å²) in [7, 11) is 3.08. The van der Waals surface area contributed by atoms with Crippen LogP contribution in [0.5, 0.6) is 0 Å². The molecule has 1 saturated heterocycles. The number of urea groups is 1. The van der Waals surface area contributed by atoms with Gasteiger partial charge in [0, 0.05) is 19.7 Å². The topological polar surface area (TPSA) is 95.0 Å². The molecule has 1 aromatic carbocycles. The van der Waals surface area contributed by atoms with E-state index < -0.39 is 35.0 Å². The molecule has 0 saturated carbocycles. The first-order chi connectivity index (χ1) is 16.4. The number of nitrogens with zero attached hydrogens (tertiary/aromatic N) is 5. The van der Waals surface area contributed by atoms with Crippen LogP contribution in [0.2, 0.25) is 0 Å². The van der Waals surface area contributed by atoms with Gasteiger partial charge in [0.1, 0.15) is 22.8 Å². The molecule has 0 aromatic heterocycles. The Morgan fingerprint density at radius 2 is 1.44 bits per heavy atom. The van der Waals surface area contributed by atoms with Crippen LogP contribution in [-0.4, -0.2) is 82.4 Å². The van der Waals surface area contributed by atoms with Crippen molar-refractivity contribution >= 4 is 24.2 Å². The van der Waals surface area contributed by atoms with Gasteiger partial charge >= 0.3 is 18.2 Å². The van der Waals surface area contributed by atoms with Gasteiger partial charge in [-0.05, 0) is 66.2 Å². The van der Waals surface area contributed by atoms with Crippen molar-refractivity contribution < 1.29 is 32.6 Å². The molecule has 0 bridgehead atoms. The average Bonchev–Trinajstić information content (AvgIpc) is 2.69. The molecule has 1 aromatic rings. The van der Waals surface area contributed by atoms with Gasteiger partial charge in [0.2, 0.25) is 5.96 Å². The third-order valence-corrected chi connectivity index (χ3v) is 4.82. The second kappa shape index (κ2) is 10.7. The molecule has 0 unspecified atom stereocenters. The molecule has 0 aliphatic carbocycles. The van der Waals surface area contributed by atoms with E-state index in [0.717, 1.165) is 17.0 Å². The fourth-order valence-electron chi connectivity index (χ4n) is 3.27. The summed E-state index contributed by atoms with van der Waals surface area (Å²) in [5.41, 5.74) is -1.87. The number of carbonyl (C=O) groups excluding carboxylic acids is 3. The normalized spacial score (nSPS) is 15.2. The Balaban J connectivity index is 2.63. The summed E-state index contributed by atoms with van der Waals surface area (Å²) in [5.74, 6) is -1.78. The second-order valence-corrected chi connectivity index (χ2v) is 10.6. The number of halogens is 2. The van der Waals surface area contributed by atoms with Gasteiger partial charge in [-0.15, -0.1) is 4.99 Å². The summed E-state index contributed by atoms with van der Waals surface area (Å²) < 4.78 is 39.5. The Morgan fingerprint density at radius 1 is 0.972 bits per heavy atom. The van der Waals surface area contributed by atoms with Gasteiger partial charge in [-0.3, -0.25) is 0 Å². The number of amides is 4. The van der Waals surface area contributed by atoms with Crippen molar-refractivity contribution in [2.24, 2.45) is 4.99 Å². The molecule has 1 aliphatic heterocycles. The quantitative estimate of drug-likeness (QED) is 0.428. The van der Waals surface area contributed by atoms with Gasteiger partial charge in [0.15, 0.2) is 0 Å². The molecule has 0 spiro atoms. The van der Waals surface area contributed by atoms with Gasteiger partial charge in [0.05, 0.1) is 19.9 Å². The SMILES string of the molecule is Cc1c(F)cc(CN(C(=O)OC(C)(C)C)/C(=N/C(=O)OC(C)(C)C)N2CN(C)C(=O)N(C)C2)cc1F. The van der Waals surface area contributed by atoms with Crippen molar-refractivity contribution in [3.8, 4) is 0 Å². The molecule has 0 atom stereocenters. The molecule has 36 heavy (non-hydrogen) atoms. The number of guanidine groups is 1. The van der Waals surface area contributed by atoms with Crippen LogP contribution in [-0.2, 0) is 16.0 Å². The predicted molar refractivity (Wildman–Crippen MR) is 129 cm³/mol. The largest absolute Gasteiger partial charge is 0.443 e. The van der Waals surface area contributed by atoms with Crippen LogP contribution in [0.3, 0.4) is 0 Å². The summed E-state index contributed by atoms with van der Waals surface area (Å²) in [5, 5.41) is 0. The number of aliphatic imine (C=N–C) groups is 1. The lowest BCUT2D eigenvalue weighted by molar-refractivity contribution is 0.0300. The molecule has 12 heteroatoms. The maximum atomic E-state index is 14.3. The Labute approximate surface area is 210 Å². The highest BCUT2D eigenvalue weighted by atomic mass is 19.1. The lowest BCUT2D eigenvalue weighted by Gasteiger charge is -2.42. The molecule has 1 heterocycles. The summed E-state index contributed by atoms with van der Waals surface area (Å²) in [4.78, 5) is 47.6. The zero-order chi connectivity index (χ0) is 27.6. The van der Waals surface area contributed by atoms with E-state index in [9.17, 15) is 23.2 Å².